The van der Waals surface area contributed by atoms with E-state index in [1.54, 1.807) is 7.11 Å². The van der Waals surface area contributed by atoms with E-state index in [-0.39, 0.29) is 18.0 Å². The number of rotatable bonds is 7. The summed E-state index contributed by atoms with van der Waals surface area (Å²) < 4.78 is 16.3. The number of hydrogen-bond donors (Lipinski definition) is 0. The van der Waals surface area contributed by atoms with E-state index in [1.165, 1.54) is 26.4 Å². The molecule has 106 valence electrons. The smallest absolute Gasteiger partial charge is 0.313 e. The van der Waals surface area contributed by atoms with E-state index in [9.17, 15) is 4.79 Å². The number of carbonyl (C=O) groups is 1. The molecule has 1 heterocycles. The van der Waals surface area contributed by atoms with Crippen LogP contribution in [-0.4, -0.2) is 32.1 Å². The average Bonchev–Trinajstić information content (AvgIpc) is 2.82. The van der Waals surface area contributed by atoms with E-state index in [0.29, 0.717) is 0 Å². The Morgan fingerprint density at radius 2 is 2.17 bits per heavy atom. The first-order valence-electron chi connectivity index (χ1n) is 6.90. The normalized spacial score (nSPS) is 29.2. The lowest BCUT2D eigenvalue weighted by Crippen LogP contribution is -2.43. The predicted octanol–water partition coefficient (Wildman–Crippen LogP) is 2.90. The van der Waals surface area contributed by atoms with Gasteiger partial charge in [-0.25, -0.2) is 0 Å². The van der Waals surface area contributed by atoms with E-state index in [0.717, 1.165) is 19.3 Å². The second kappa shape index (κ2) is 7.10. The van der Waals surface area contributed by atoms with Crippen molar-refractivity contribution in [1.82, 2.24) is 0 Å². The van der Waals surface area contributed by atoms with Crippen LogP contribution in [0.3, 0.4) is 0 Å². The third-order valence-corrected chi connectivity index (χ3v) is 3.87. The number of methoxy groups -OCH3 is 2. The lowest BCUT2D eigenvalue weighted by molar-refractivity contribution is -0.243. The number of esters is 1. The Balaban J connectivity index is 2.55. The van der Waals surface area contributed by atoms with E-state index in [2.05, 4.69) is 6.92 Å². The minimum atomic E-state index is -0.788. The minimum absolute atomic E-state index is 0.212. The highest BCUT2D eigenvalue weighted by molar-refractivity contribution is 5.73. The second-order valence-corrected chi connectivity index (χ2v) is 5.04. The summed E-state index contributed by atoms with van der Waals surface area (Å²) in [7, 11) is 3.00. The summed E-state index contributed by atoms with van der Waals surface area (Å²) in [5.41, 5.74) is 0. The standard InChI is InChI=1S/C14H26O4/c1-5-6-7-8-12-9-10-14(17-4,18-12)11(2)13(15)16-3/h11-12H,5-10H2,1-4H3/t11-,12?,14+/m1/s1. The highest BCUT2D eigenvalue weighted by Gasteiger charge is 2.48. The summed E-state index contributed by atoms with van der Waals surface area (Å²) >= 11 is 0. The van der Waals surface area contributed by atoms with Crippen LogP contribution in [-0.2, 0) is 19.0 Å². The molecule has 1 aliphatic heterocycles. The highest BCUT2D eigenvalue weighted by Crippen LogP contribution is 2.39. The fraction of sp³-hybridized carbons (Fsp3) is 0.929. The first-order chi connectivity index (χ1) is 8.59. The summed E-state index contributed by atoms with van der Waals surface area (Å²) in [5.74, 6) is -1.45. The molecule has 1 fully saturated rings. The molecule has 4 heteroatoms. The monoisotopic (exact) mass is 258 g/mol. The zero-order chi connectivity index (χ0) is 13.6. The molecule has 0 saturated carbocycles. The van der Waals surface area contributed by atoms with Gasteiger partial charge in [-0.2, -0.15) is 0 Å². The second-order valence-electron chi connectivity index (χ2n) is 5.04. The third-order valence-electron chi connectivity index (χ3n) is 3.87. The molecule has 1 rings (SSSR count). The predicted molar refractivity (Wildman–Crippen MR) is 69.2 cm³/mol. The zero-order valence-electron chi connectivity index (χ0n) is 12.0. The fourth-order valence-corrected chi connectivity index (χ4v) is 2.59. The molecule has 0 N–H and O–H groups in total. The van der Waals surface area contributed by atoms with Crippen LogP contribution < -0.4 is 0 Å². The molecule has 1 unspecified atom stereocenters. The molecule has 18 heavy (non-hydrogen) atoms. The van der Waals surface area contributed by atoms with Crippen LogP contribution >= 0.6 is 0 Å². The topological polar surface area (TPSA) is 44.8 Å². The van der Waals surface area contributed by atoms with Crippen LogP contribution in [0.2, 0.25) is 0 Å². The maximum absolute atomic E-state index is 11.6. The molecule has 0 radical (unpaired) electrons. The lowest BCUT2D eigenvalue weighted by Gasteiger charge is -2.32. The van der Waals surface area contributed by atoms with Crippen molar-refractivity contribution in [1.29, 1.82) is 0 Å². The molecule has 0 aromatic heterocycles. The molecule has 0 aromatic carbocycles. The van der Waals surface area contributed by atoms with Gasteiger partial charge in [0.2, 0.25) is 0 Å². The van der Waals surface area contributed by atoms with Crippen molar-refractivity contribution in [2.75, 3.05) is 14.2 Å². The van der Waals surface area contributed by atoms with Crippen molar-refractivity contribution in [2.24, 2.45) is 5.92 Å². The van der Waals surface area contributed by atoms with Gasteiger partial charge in [0.15, 0.2) is 5.79 Å². The fourth-order valence-electron chi connectivity index (χ4n) is 2.59. The van der Waals surface area contributed by atoms with E-state index in [1.807, 2.05) is 6.92 Å². The number of ether oxygens (including phenoxy) is 3. The van der Waals surface area contributed by atoms with Gasteiger partial charge in [-0.15, -0.1) is 0 Å². The van der Waals surface area contributed by atoms with Crippen LogP contribution in [0, 0.1) is 5.92 Å². The lowest BCUT2D eigenvalue weighted by atomic mass is 9.97. The molecule has 0 spiro atoms. The van der Waals surface area contributed by atoms with Gasteiger partial charge < -0.3 is 14.2 Å². The van der Waals surface area contributed by atoms with Crippen molar-refractivity contribution in [3.8, 4) is 0 Å². The molecular weight excluding hydrogens is 232 g/mol. The maximum Gasteiger partial charge on any atom is 0.313 e. The number of unbranched alkanes of at least 4 members (excludes halogenated alkanes) is 2. The van der Waals surface area contributed by atoms with Crippen molar-refractivity contribution >= 4 is 5.97 Å². The van der Waals surface area contributed by atoms with Crippen molar-refractivity contribution in [3.05, 3.63) is 0 Å². The Bertz CT molecular complexity index is 267. The Labute approximate surface area is 110 Å². The Morgan fingerprint density at radius 1 is 1.44 bits per heavy atom. The van der Waals surface area contributed by atoms with Gasteiger partial charge in [-0.1, -0.05) is 26.2 Å². The molecule has 0 aliphatic carbocycles. The summed E-state index contributed by atoms with van der Waals surface area (Å²) in [6.45, 7) is 4.00. The molecule has 3 atom stereocenters. The van der Waals surface area contributed by atoms with E-state index >= 15 is 0 Å². The highest BCUT2D eigenvalue weighted by atomic mass is 16.7. The maximum atomic E-state index is 11.6. The summed E-state index contributed by atoms with van der Waals surface area (Å²) in [4.78, 5) is 11.6. The van der Waals surface area contributed by atoms with Crippen LogP contribution in [0.4, 0.5) is 0 Å². The van der Waals surface area contributed by atoms with Gasteiger partial charge in [0, 0.05) is 13.5 Å². The number of carbonyl (C=O) groups excluding carboxylic acids is 1. The molecule has 1 aliphatic rings. The molecular formula is C14H26O4. The molecule has 4 nitrogen and oxygen atoms in total. The summed E-state index contributed by atoms with van der Waals surface area (Å²) in [5, 5.41) is 0. The van der Waals surface area contributed by atoms with Gasteiger partial charge in [0.1, 0.15) is 5.92 Å². The Kier molecular flexibility index (Phi) is 6.09. The van der Waals surface area contributed by atoms with Crippen LogP contribution in [0.1, 0.15) is 52.4 Å². The van der Waals surface area contributed by atoms with Gasteiger partial charge in [0.25, 0.3) is 0 Å². The van der Waals surface area contributed by atoms with Crippen LogP contribution in [0.25, 0.3) is 0 Å². The van der Waals surface area contributed by atoms with Crippen LogP contribution in [0.5, 0.6) is 0 Å². The Hall–Kier alpha value is -0.610. The van der Waals surface area contributed by atoms with Gasteiger partial charge in [0.05, 0.1) is 13.2 Å². The first-order valence-corrected chi connectivity index (χ1v) is 6.90. The third kappa shape index (κ3) is 3.45. The van der Waals surface area contributed by atoms with Crippen molar-refractivity contribution in [2.45, 2.75) is 64.3 Å². The summed E-state index contributed by atoms with van der Waals surface area (Å²) in [6, 6.07) is 0. The SMILES string of the molecule is CCCCCC1CC[C@@](OC)([C@H](C)C(=O)OC)O1. The minimum Gasteiger partial charge on any atom is -0.469 e. The molecule has 0 aromatic rings. The molecule has 0 amide bonds. The van der Waals surface area contributed by atoms with Crippen molar-refractivity contribution < 1.29 is 19.0 Å². The zero-order valence-corrected chi connectivity index (χ0v) is 12.0. The molecule has 1 saturated heterocycles. The number of hydrogen-bond acceptors (Lipinski definition) is 4. The van der Waals surface area contributed by atoms with Gasteiger partial charge >= 0.3 is 5.97 Å². The van der Waals surface area contributed by atoms with E-state index < -0.39 is 5.79 Å². The quantitative estimate of drug-likeness (QED) is 0.520. The van der Waals surface area contributed by atoms with Gasteiger partial charge in [-0.3, -0.25) is 4.79 Å². The van der Waals surface area contributed by atoms with Crippen molar-refractivity contribution in [3.63, 3.8) is 0 Å². The van der Waals surface area contributed by atoms with Gasteiger partial charge in [-0.05, 0) is 19.8 Å². The largest absolute Gasteiger partial charge is 0.469 e. The average molecular weight is 258 g/mol. The van der Waals surface area contributed by atoms with E-state index in [4.69, 9.17) is 14.2 Å². The van der Waals surface area contributed by atoms with Crippen LogP contribution in [0.15, 0.2) is 0 Å². The molecule has 0 bridgehead atoms. The Morgan fingerprint density at radius 3 is 2.72 bits per heavy atom. The summed E-state index contributed by atoms with van der Waals surface area (Å²) in [6.07, 6.45) is 6.59. The first kappa shape index (κ1) is 15.4.